The minimum absolute atomic E-state index is 0.0914. The predicted octanol–water partition coefficient (Wildman–Crippen LogP) is 3.29. The van der Waals surface area contributed by atoms with Crippen LogP contribution in [0.2, 0.25) is 0 Å². The number of para-hydroxylation sites is 1. The largest absolute Gasteiger partial charge is 0.325 e. The van der Waals surface area contributed by atoms with E-state index in [4.69, 9.17) is 0 Å². The van der Waals surface area contributed by atoms with Gasteiger partial charge in [-0.1, -0.05) is 23.9 Å². The van der Waals surface area contributed by atoms with Crippen molar-refractivity contribution in [2.45, 2.75) is 25.5 Å². The molecule has 0 fully saturated rings. The van der Waals surface area contributed by atoms with Crippen molar-refractivity contribution in [3.63, 3.8) is 0 Å². The molecule has 0 aliphatic carbocycles. The number of rotatable bonds is 7. The molecule has 138 valence electrons. The van der Waals surface area contributed by atoms with Crippen LogP contribution in [0.4, 0.5) is 5.69 Å². The zero-order chi connectivity index (χ0) is 19.2. The Bertz CT molecular complexity index is 956. The van der Waals surface area contributed by atoms with Crippen molar-refractivity contribution >= 4 is 29.1 Å². The molecule has 0 radical (unpaired) electrons. The zero-order valence-corrected chi connectivity index (χ0v) is 15.9. The molecule has 3 aromatic rings. The van der Waals surface area contributed by atoms with Crippen LogP contribution < -0.4 is 5.32 Å². The lowest BCUT2D eigenvalue weighted by Gasteiger charge is -2.09. The second kappa shape index (κ2) is 8.59. The highest BCUT2D eigenvalue weighted by molar-refractivity contribution is 7.99. The van der Waals surface area contributed by atoms with Crippen LogP contribution in [0.1, 0.15) is 24.2 Å². The van der Waals surface area contributed by atoms with Gasteiger partial charge in [-0.05, 0) is 38.1 Å². The molecule has 0 bridgehead atoms. The number of hydrogen-bond acceptors (Lipinski definition) is 6. The van der Waals surface area contributed by atoms with Crippen LogP contribution >= 0.6 is 11.8 Å². The number of nitrogens with one attached hydrogen (secondary N) is 1. The maximum atomic E-state index is 12.3. The number of aromatic nitrogens is 4. The highest BCUT2D eigenvalue weighted by Crippen LogP contribution is 2.24. The number of carbonyl (C=O) groups excluding carboxylic acids is 2. The number of nitrogens with zero attached hydrogens (tertiary/aromatic N) is 4. The SMILES string of the molecule is CCn1c(SCC(=O)Nc2ccccc2C(C)=O)nnc1-c1ccncc1. The molecule has 0 aliphatic rings. The Kier molecular flexibility index (Phi) is 5.97. The Morgan fingerprint density at radius 2 is 1.85 bits per heavy atom. The normalized spacial score (nSPS) is 10.6. The molecular formula is C19H19N5O2S. The number of Topliss-reactive ketones (excluding diaryl/α,β-unsaturated/α-hetero) is 1. The van der Waals surface area contributed by atoms with Gasteiger partial charge in [-0.15, -0.1) is 10.2 Å². The fourth-order valence-corrected chi connectivity index (χ4v) is 3.41. The van der Waals surface area contributed by atoms with Crippen LogP contribution in [0.5, 0.6) is 0 Å². The van der Waals surface area contributed by atoms with Gasteiger partial charge < -0.3 is 9.88 Å². The summed E-state index contributed by atoms with van der Waals surface area (Å²) in [5, 5.41) is 11.9. The summed E-state index contributed by atoms with van der Waals surface area (Å²) in [5.41, 5.74) is 1.93. The molecule has 3 rings (SSSR count). The third-order valence-corrected chi connectivity index (χ3v) is 4.85. The zero-order valence-electron chi connectivity index (χ0n) is 15.0. The van der Waals surface area contributed by atoms with Gasteiger partial charge in [-0.3, -0.25) is 14.6 Å². The third-order valence-electron chi connectivity index (χ3n) is 3.88. The number of benzene rings is 1. The van der Waals surface area contributed by atoms with Gasteiger partial charge >= 0.3 is 0 Å². The van der Waals surface area contributed by atoms with Gasteiger partial charge in [-0.2, -0.15) is 0 Å². The molecule has 0 saturated heterocycles. The topological polar surface area (TPSA) is 89.8 Å². The molecule has 0 saturated carbocycles. The minimum atomic E-state index is -0.204. The first kappa shape index (κ1) is 18.8. The maximum absolute atomic E-state index is 12.3. The molecule has 0 atom stereocenters. The van der Waals surface area contributed by atoms with Crippen molar-refractivity contribution in [1.82, 2.24) is 19.7 Å². The monoisotopic (exact) mass is 381 g/mol. The van der Waals surface area contributed by atoms with Crippen LogP contribution in [0.15, 0.2) is 53.9 Å². The van der Waals surface area contributed by atoms with Crippen LogP contribution in [-0.4, -0.2) is 37.2 Å². The van der Waals surface area contributed by atoms with Crippen molar-refractivity contribution in [1.29, 1.82) is 0 Å². The van der Waals surface area contributed by atoms with E-state index in [2.05, 4.69) is 20.5 Å². The smallest absolute Gasteiger partial charge is 0.234 e. The predicted molar refractivity (Wildman–Crippen MR) is 105 cm³/mol. The number of anilines is 1. The molecule has 27 heavy (non-hydrogen) atoms. The molecular weight excluding hydrogens is 362 g/mol. The van der Waals surface area contributed by atoms with Gasteiger partial charge in [0.2, 0.25) is 5.91 Å². The van der Waals surface area contributed by atoms with Crippen molar-refractivity contribution in [2.24, 2.45) is 0 Å². The first-order valence-corrected chi connectivity index (χ1v) is 9.45. The number of thioether (sulfide) groups is 1. The van der Waals surface area contributed by atoms with Crippen molar-refractivity contribution in [3.8, 4) is 11.4 Å². The molecule has 7 nitrogen and oxygen atoms in total. The summed E-state index contributed by atoms with van der Waals surface area (Å²) >= 11 is 1.31. The summed E-state index contributed by atoms with van der Waals surface area (Å²) in [5.74, 6) is 0.613. The lowest BCUT2D eigenvalue weighted by molar-refractivity contribution is -0.113. The molecule has 0 spiro atoms. The van der Waals surface area contributed by atoms with E-state index >= 15 is 0 Å². The van der Waals surface area contributed by atoms with Crippen molar-refractivity contribution in [2.75, 3.05) is 11.1 Å². The number of amides is 1. The van der Waals surface area contributed by atoms with Gasteiger partial charge in [0, 0.05) is 30.1 Å². The first-order valence-electron chi connectivity index (χ1n) is 8.46. The van der Waals surface area contributed by atoms with Gasteiger partial charge in [0.05, 0.1) is 11.4 Å². The van der Waals surface area contributed by atoms with Crippen LogP contribution in [0.25, 0.3) is 11.4 Å². The Hall–Kier alpha value is -3.00. The molecule has 0 unspecified atom stereocenters. The number of pyridine rings is 1. The summed E-state index contributed by atoms with van der Waals surface area (Å²) < 4.78 is 1.96. The average Bonchev–Trinajstić information content (AvgIpc) is 3.10. The van der Waals surface area contributed by atoms with Crippen LogP contribution in [0, 0.1) is 0 Å². The van der Waals surface area contributed by atoms with Gasteiger partial charge in [0.15, 0.2) is 16.8 Å². The molecule has 1 N–H and O–H groups in total. The third kappa shape index (κ3) is 4.40. The fourth-order valence-electron chi connectivity index (χ4n) is 2.61. The lowest BCUT2D eigenvalue weighted by atomic mass is 10.1. The number of hydrogen-bond donors (Lipinski definition) is 1. The molecule has 2 aromatic heterocycles. The highest BCUT2D eigenvalue weighted by Gasteiger charge is 2.15. The van der Waals surface area contributed by atoms with Crippen LogP contribution in [-0.2, 0) is 11.3 Å². The molecule has 1 amide bonds. The Morgan fingerprint density at radius 3 is 2.56 bits per heavy atom. The summed E-state index contributed by atoms with van der Waals surface area (Å²) in [4.78, 5) is 28.0. The Morgan fingerprint density at radius 1 is 1.11 bits per heavy atom. The van der Waals surface area contributed by atoms with E-state index in [1.165, 1.54) is 18.7 Å². The quantitative estimate of drug-likeness (QED) is 0.499. The molecule has 2 heterocycles. The molecule has 8 heteroatoms. The number of carbonyl (C=O) groups is 2. The van der Waals surface area contributed by atoms with Crippen molar-refractivity contribution < 1.29 is 9.59 Å². The highest BCUT2D eigenvalue weighted by atomic mass is 32.2. The Labute approximate surface area is 161 Å². The maximum Gasteiger partial charge on any atom is 0.234 e. The summed E-state index contributed by atoms with van der Waals surface area (Å²) in [6.45, 7) is 4.16. The second-order valence-electron chi connectivity index (χ2n) is 5.72. The lowest BCUT2D eigenvalue weighted by Crippen LogP contribution is -2.16. The number of ketones is 1. The fraction of sp³-hybridized carbons (Fsp3) is 0.211. The average molecular weight is 381 g/mol. The van der Waals surface area contributed by atoms with Crippen molar-refractivity contribution in [3.05, 3.63) is 54.4 Å². The van der Waals surface area contributed by atoms with E-state index in [9.17, 15) is 9.59 Å². The molecule has 1 aromatic carbocycles. The van der Waals surface area contributed by atoms with E-state index in [1.807, 2.05) is 23.6 Å². The van der Waals surface area contributed by atoms with Gasteiger partial charge in [0.25, 0.3) is 0 Å². The second-order valence-corrected chi connectivity index (χ2v) is 6.67. The standard InChI is InChI=1S/C19H19N5O2S/c1-3-24-18(14-8-10-20-11-9-14)22-23-19(24)27-12-17(26)21-16-7-5-4-6-15(16)13(2)25/h4-11H,3,12H2,1-2H3,(H,21,26). The molecule has 0 aliphatic heterocycles. The first-order chi connectivity index (χ1) is 13.1. The minimum Gasteiger partial charge on any atom is -0.325 e. The van der Waals surface area contributed by atoms with E-state index in [0.29, 0.717) is 23.0 Å². The van der Waals surface area contributed by atoms with E-state index in [0.717, 1.165) is 11.4 Å². The van der Waals surface area contributed by atoms with E-state index < -0.39 is 0 Å². The van der Waals surface area contributed by atoms with E-state index in [1.54, 1.807) is 36.7 Å². The van der Waals surface area contributed by atoms with Crippen LogP contribution in [0.3, 0.4) is 0 Å². The summed E-state index contributed by atoms with van der Waals surface area (Å²) in [6.07, 6.45) is 3.41. The van der Waals surface area contributed by atoms with Gasteiger partial charge in [0.1, 0.15) is 0 Å². The Balaban J connectivity index is 1.70. The summed E-state index contributed by atoms with van der Waals surface area (Å²) in [7, 11) is 0. The van der Waals surface area contributed by atoms with E-state index in [-0.39, 0.29) is 17.4 Å². The van der Waals surface area contributed by atoms with Gasteiger partial charge in [-0.25, -0.2) is 0 Å². The summed E-state index contributed by atoms with van der Waals surface area (Å²) in [6, 6.07) is 10.7.